The van der Waals surface area contributed by atoms with Crippen LogP contribution >= 0.6 is 0 Å². The number of carbonyl (C=O) groups is 1. The van der Waals surface area contributed by atoms with Crippen molar-refractivity contribution in [3.05, 3.63) is 47.8 Å². The lowest BCUT2D eigenvalue weighted by atomic mass is 10.1. The Morgan fingerprint density at radius 3 is 2.72 bits per heavy atom. The average Bonchev–Trinajstić information content (AvgIpc) is 2.83. The highest BCUT2D eigenvalue weighted by atomic mass is 16.4. The van der Waals surface area contributed by atoms with E-state index < -0.39 is 5.97 Å². The molecule has 1 N–H and O–H groups in total. The van der Waals surface area contributed by atoms with Crippen LogP contribution in [0.2, 0.25) is 0 Å². The van der Waals surface area contributed by atoms with E-state index in [2.05, 4.69) is 22.4 Å². The first-order chi connectivity index (χ1) is 8.74. The molecule has 0 saturated heterocycles. The highest BCUT2D eigenvalue weighted by Crippen LogP contribution is 2.03. The Kier molecular flexibility index (Phi) is 4.06. The highest BCUT2D eigenvalue weighted by molar-refractivity contribution is 5.66. The zero-order valence-electron chi connectivity index (χ0n) is 9.99. The average molecular weight is 245 g/mol. The topological polar surface area (TPSA) is 68.0 Å². The molecule has 5 nitrogen and oxygen atoms in total. The van der Waals surface area contributed by atoms with E-state index in [-0.39, 0.29) is 6.42 Å². The molecular weight excluding hydrogens is 230 g/mol. The van der Waals surface area contributed by atoms with E-state index in [0.29, 0.717) is 6.42 Å². The fraction of sp³-hybridized carbons (Fsp3) is 0.308. The van der Waals surface area contributed by atoms with Gasteiger partial charge in [0.25, 0.3) is 0 Å². The number of hydrogen-bond acceptors (Lipinski definition) is 3. The van der Waals surface area contributed by atoms with E-state index in [1.165, 1.54) is 5.56 Å². The van der Waals surface area contributed by atoms with Crippen LogP contribution in [0.25, 0.3) is 0 Å². The van der Waals surface area contributed by atoms with E-state index in [0.717, 1.165) is 18.7 Å². The molecule has 1 aromatic carbocycles. The summed E-state index contributed by atoms with van der Waals surface area (Å²) in [4.78, 5) is 10.4. The fourth-order valence-corrected chi connectivity index (χ4v) is 1.69. The first kappa shape index (κ1) is 12.3. The van der Waals surface area contributed by atoms with Crippen molar-refractivity contribution < 1.29 is 9.90 Å². The molecular formula is C13H15N3O2. The van der Waals surface area contributed by atoms with Crippen LogP contribution in [0.5, 0.6) is 0 Å². The normalized spacial score (nSPS) is 10.4. The molecule has 0 aliphatic heterocycles. The summed E-state index contributed by atoms with van der Waals surface area (Å²) in [6.07, 6.45) is 3.23. The Balaban J connectivity index is 1.85. The third-order valence-electron chi connectivity index (χ3n) is 2.65. The molecule has 0 aliphatic rings. The van der Waals surface area contributed by atoms with Crippen LogP contribution in [0.3, 0.4) is 0 Å². The molecule has 0 aliphatic carbocycles. The van der Waals surface area contributed by atoms with Gasteiger partial charge in [0.2, 0.25) is 0 Å². The maximum Gasteiger partial charge on any atom is 0.303 e. The second-order valence-corrected chi connectivity index (χ2v) is 4.10. The minimum absolute atomic E-state index is 0.0946. The van der Waals surface area contributed by atoms with Crippen LogP contribution in [0.15, 0.2) is 36.5 Å². The van der Waals surface area contributed by atoms with E-state index in [1.54, 1.807) is 4.68 Å². The predicted molar refractivity (Wildman–Crippen MR) is 66.1 cm³/mol. The number of nitrogens with zero attached hydrogens (tertiary/aromatic N) is 3. The van der Waals surface area contributed by atoms with Crippen molar-refractivity contribution in [3.63, 3.8) is 0 Å². The first-order valence-electron chi connectivity index (χ1n) is 5.89. The summed E-state index contributed by atoms with van der Waals surface area (Å²) in [6.45, 7) is 0.754. The maximum absolute atomic E-state index is 10.4. The van der Waals surface area contributed by atoms with Gasteiger partial charge in [-0.2, -0.15) is 0 Å². The summed E-state index contributed by atoms with van der Waals surface area (Å²) < 4.78 is 1.75. The molecule has 1 aromatic heterocycles. The maximum atomic E-state index is 10.4. The fourth-order valence-electron chi connectivity index (χ4n) is 1.69. The second kappa shape index (κ2) is 5.95. The minimum atomic E-state index is -0.811. The molecule has 0 bridgehead atoms. The Labute approximate surface area is 105 Å². The van der Waals surface area contributed by atoms with Crippen LogP contribution in [0, 0.1) is 0 Å². The largest absolute Gasteiger partial charge is 0.481 e. The van der Waals surface area contributed by atoms with Crippen molar-refractivity contribution in [2.45, 2.75) is 25.8 Å². The quantitative estimate of drug-likeness (QED) is 0.838. The zero-order chi connectivity index (χ0) is 12.8. The van der Waals surface area contributed by atoms with Gasteiger partial charge in [0, 0.05) is 19.2 Å². The molecule has 0 fully saturated rings. The number of benzene rings is 1. The van der Waals surface area contributed by atoms with E-state index >= 15 is 0 Å². The van der Waals surface area contributed by atoms with Crippen LogP contribution in [-0.2, 0) is 24.2 Å². The van der Waals surface area contributed by atoms with Gasteiger partial charge < -0.3 is 5.11 Å². The molecule has 0 atom stereocenters. The van der Waals surface area contributed by atoms with Crippen LogP contribution < -0.4 is 0 Å². The van der Waals surface area contributed by atoms with E-state index in [1.807, 2.05) is 24.4 Å². The van der Waals surface area contributed by atoms with Crippen molar-refractivity contribution in [1.82, 2.24) is 15.0 Å². The van der Waals surface area contributed by atoms with Gasteiger partial charge in [-0.05, 0) is 12.0 Å². The molecule has 0 unspecified atom stereocenters. The van der Waals surface area contributed by atoms with E-state index in [4.69, 9.17) is 5.11 Å². The lowest BCUT2D eigenvalue weighted by Gasteiger charge is -2.00. The van der Waals surface area contributed by atoms with Gasteiger partial charge in [0.1, 0.15) is 0 Å². The predicted octanol–water partition coefficient (Wildman–Crippen LogP) is 1.54. The first-order valence-corrected chi connectivity index (χ1v) is 5.89. The van der Waals surface area contributed by atoms with Crippen LogP contribution in [0.1, 0.15) is 17.7 Å². The molecule has 5 heteroatoms. The standard InChI is InChI=1S/C13H15N3O2/c17-13(18)7-6-12-10-16(15-14-12)9-8-11-4-2-1-3-5-11/h1-5,10H,6-9H2,(H,17,18). The number of aromatic nitrogens is 3. The number of rotatable bonds is 6. The van der Waals surface area contributed by atoms with Gasteiger partial charge in [-0.25, -0.2) is 0 Å². The van der Waals surface area contributed by atoms with Crippen molar-refractivity contribution in [1.29, 1.82) is 0 Å². The van der Waals surface area contributed by atoms with Crippen molar-refractivity contribution in [3.8, 4) is 0 Å². The summed E-state index contributed by atoms with van der Waals surface area (Å²) in [6, 6.07) is 10.2. The summed E-state index contributed by atoms with van der Waals surface area (Å²) in [5.41, 5.74) is 1.98. The number of aryl methyl sites for hydroxylation is 3. The third-order valence-corrected chi connectivity index (χ3v) is 2.65. The summed E-state index contributed by atoms with van der Waals surface area (Å²) in [5, 5.41) is 16.5. The second-order valence-electron chi connectivity index (χ2n) is 4.10. The SMILES string of the molecule is O=C(O)CCc1cn(CCc2ccccc2)nn1. The van der Waals surface area contributed by atoms with Crippen LogP contribution in [-0.4, -0.2) is 26.1 Å². The van der Waals surface area contributed by atoms with Crippen LogP contribution in [0.4, 0.5) is 0 Å². The molecule has 1 heterocycles. The van der Waals surface area contributed by atoms with Crippen molar-refractivity contribution >= 4 is 5.97 Å². The Bertz CT molecular complexity index is 508. The van der Waals surface area contributed by atoms with Gasteiger partial charge in [-0.3, -0.25) is 9.48 Å². The lowest BCUT2D eigenvalue weighted by molar-refractivity contribution is -0.136. The highest BCUT2D eigenvalue weighted by Gasteiger charge is 2.04. The Hall–Kier alpha value is -2.17. The van der Waals surface area contributed by atoms with Crippen molar-refractivity contribution in [2.75, 3.05) is 0 Å². The molecule has 0 spiro atoms. The molecule has 2 aromatic rings. The number of hydrogen-bond donors (Lipinski definition) is 1. The zero-order valence-corrected chi connectivity index (χ0v) is 9.99. The van der Waals surface area contributed by atoms with Crippen molar-refractivity contribution in [2.24, 2.45) is 0 Å². The van der Waals surface area contributed by atoms with Gasteiger partial charge in [0.05, 0.1) is 12.1 Å². The lowest BCUT2D eigenvalue weighted by Crippen LogP contribution is -2.01. The third kappa shape index (κ3) is 3.69. The number of carboxylic acids is 1. The van der Waals surface area contributed by atoms with Gasteiger partial charge >= 0.3 is 5.97 Å². The minimum Gasteiger partial charge on any atom is -0.481 e. The smallest absolute Gasteiger partial charge is 0.303 e. The molecule has 94 valence electrons. The summed E-state index contributed by atoms with van der Waals surface area (Å²) >= 11 is 0. The van der Waals surface area contributed by atoms with Gasteiger partial charge in [-0.15, -0.1) is 5.10 Å². The monoisotopic (exact) mass is 245 g/mol. The molecule has 2 rings (SSSR count). The summed E-state index contributed by atoms with van der Waals surface area (Å²) in [5.74, 6) is -0.811. The Morgan fingerprint density at radius 1 is 1.22 bits per heavy atom. The molecule has 18 heavy (non-hydrogen) atoms. The number of carboxylic acid groups (broad SMARTS) is 1. The summed E-state index contributed by atoms with van der Waals surface area (Å²) in [7, 11) is 0. The Morgan fingerprint density at radius 2 is 2.00 bits per heavy atom. The van der Waals surface area contributed by atoms with Gasteiger partial charge in [-0.1, -0.05) is 35.5 Å². The molecule has 0 saturated carbocycles. The van der Waals surface area contributed by atoms with E-state index in [9.17, 15) is 4.79 Å². The van der Waals surface area contributed by atoms with Gasteiger partial charge in [0.15, 0.2) is 0 Å². The molecule has 0 radical (unpaired) electrons. The number of aliphatic carboxylic acids is 1. The molecule has 0 amide bonds.